The van der Waals surface area contributed by atoms with Crippen molar-refractivity contribution in [2.24, 2.45) is 0 Å². The maximum absolute atomic E-state index is 10.6. The van der Waals surface area contributed by atoms with Gasteiger partial charge in [-0.05, 0) is 18.6 Å². The number of thioether (sulfide) groups is 1. The second-order valence-corrected chi connectivity index (χ2v) is 4.80. The van der Waals surface area contributed by atoms with E-state index >= 15 is 0 Å². The molecule has 1 aliphatic heterocycles. The zero-order valence-corrected chi connectivity index (χ0v) is 8.54. The lowest BCUT2D eigenvalue weighted by Gasteiger charge is -2.07. The molecule has 2 heterocycles. The van der Waals surface area contributed by atoms with E-state index in [4.69, 9.17) is 5.11 Å². The number of carboxylic acid groups (broad SMARTS) is 1. The van der Waals surface area contributed by atoms with Gasteiger partial charge in [0.2, 0.25) is 0 Å². The van der Waals surface area contributed by atoms with Crippen LogP contribution in [0.4, 0.5) is 0 Å². The third kappa shape index (κ3) is 2.09. The normalized spacial score (nSPS) is 21.3. The van der Waals surface area contributed by atoms with Crippen molar-refractivity contribution in [1.29, 1.82) is 0 Å². The van der Waals surface area contributed by atoms with Gasteiger partial charge in [-0.3, -0.25) is 0 Å². The molecule has 1 fully saturated rings. The number of aromatic nitrogens is 2. The highest BCUT2D eigenvalue weighted by molar-refractivity contribution is 8.00. The molecule has 14 heavy (non-hydrogen) atoms. The molecule has 1 aliphatic rings. The molecule has 1 aromatic rings. The molecule has 1 atom stereocenters. The number of carboxylic acids is 1. The highest BCUT2D eigenvalue weighted by Crippen LogP contribution is 2.27. The van der Waals surface area contributed by atoms with E-state index in [2.05, 4.69) is 4.98 Å². The maximum Gasteiger partial charge on any atom is 0.356 e. The molecule has 1 unspecified atom stereocenters. The van der Waals surface area contributed by atoms with Crippen LogP contribution in [0.3, 0.4) is 0 Å². The van der Waals surface area contributed by atoms with Crippen molar-refractivity contribution >= 4 is 17.7 Å². The molecule has 0 aliphatic carbocycles. The molecular formula is C9H12N2O2S. The van der Waals surface area contributed by atoms with Gasteiger partial charge in [-0.15, -0.1) is 0 Å². The van der Waals surface area contributed by atoms with Crippen LogP contribution in [0.25, 0.3) is 0 Å². The third-order valence-corrected chi connectivity index (χ3v) is 3.67. The first-order chi connectivity index (χ1) is 6.75. The van der Waals surface area contributed by atoms with Gasteiger partial charge < -0.3 is 9.67 Å². The maximum atomic E-state index is 10.6. The summed E-state index contributed by atoms with van der Waals surface area (Å²) in [5.41, 5.74) is 0.132. The molecule has 0 bridgehead atoms. The number of aromatic carboxylic acids is 1. The van der Waals surface area contributed by atoms with E-state index < -0.39 is 5.97 Å². The van der Waals surface area contributed by atoms with Crippen molar-refractivity contribution < 1.29 is 9.90 Å². The lowest BCUT2D eigenvalue weighted by atomic mass is 10.2. The summed E-state index contributed by atoms with van der Waals surface area (Å²) in [7, 11) is 0. The van der Waals surface area contributed by atoms with E-state index in [9.17, 15) is 4.79 Å². The van der Waals surface area contributed by atoms with Gasteiger partial charge in [0.1, 0.15) is 0 Å². The zero-order valence-electron chi connectivity index (χ0n) is 7.72. The van der Waals surface area contributed by atoms with Crippen molar-refractivity contribution in [1.82, 2.24) is 9.55 Å². The first kappa shape index (κ1) is 9.58. The fraction of sp³-hybridized carbons (Fsp3) is 0.556. The van der Waals surface area contributed by atoms with Crippen LogP contribution in [0.2, 0.25) is 0 Å². The summed E-state index contributed by atoms with van der Waals surface area (Å²) in [6.07, 6.45) is 5.70. The minimum atomic E-state index is -0.956. The van der Waals surface area contributed by atoms with Crippen LogP contribution >= 0.6 is 11.8 Å². The van der Waals surface area contributed by atoms with Crippen molar-refractivity contribution in [2.45, 2.75) is 24.6 Å². The zero-order chi connectivity index (χ0) is 9.97. The van der Waals surface area contributed by atoms with Crippen molar-refractivity contribution in [3.63, 3.8) is 0 Å². The van der Waals surface area contributed by atoms with Gasteiger partial charge in [-0.2, -0.15) is 11.8 Å². The minimum absolute atomic E-state index is 0.132. The molecule has 4 nitrogen and oxygen atoms in total. The Morgan fingerprint density at radius 3 is 3.21 bits per heavy atom. The second-order valence-electron chi connectivity index (χ2n) is 3.40. The van der Waals surface area contributed by atoms with Crippen LogP contribution < -0.4 is 0 Å². The van der Waals surface area contributed by atoms with Crippen molar-refractivity contribution in [3.8, 4) is 0 Å². The fourth-order valence-corrected chi connectivity index (χ4v) is 2.87. The van der Waals surface area contributed by atoms with Crippen LogP contribution in [-0.4, -0.2) is 31.6 Å². The quantitative estimate of drug-likeness (QED) is 0.824. The Labute approximate surface area is 86.3 Å². The average molecular weight is 212 g/mol. The summed E-state index contributed by atoms with van der Waals surface area (Å²) in [4.78, 5) is 14.4. The highest BCUT2D eigenvalue weighted by Gasteiger charge is 2.16. The molecule has 76 valence electrons. The third-order valence-electron chi connectivity index (χ3n) is 2.29. The van der Waals surface area contributed by atoms with Gasteiger partial charge in [0.25, 0.3) is 0 Å². The summed E-state index contributed by atoms with van der Waals surface area (Å²) in [6.45, 7) is 0.880. The molecule has 2 rings (SSSR count). The molecule has 5 heteroatoms. The smallest absolute Gasteiger partial charge is 0.356 e. The van der Waals surface area contributed by atoms with Crippen LogP contribution in [0.1, 0.15) is 23.3 Å². The number of rotatable bonds is 3. The summed E-state index contributed by atoms with van der Waals surface area (Å²) < 4.78 is 1.87. The van der Waals surface area contributed by atoms with Crippen molar-refractivity contribution in [3.05, 3.63) is 18.2 Å². The molecule has 0 amide bonds. The predicted molar refractivity (Wildman–Crippen MR) is 54.7 cm³/mol. The molecule has 0 radical (unpaired) electrons. The largest absolute Gasteiger partial charge is 0.476 e. The van der Waals surface area contributed by atoms with Crippen LogP contribution in [-0.2, 0) is 6.54 Å². The lowest BCUT2D eigenvalue weighted by Crippen LogP contribution is -2.08. The Hall–Kier alpha value is -0.970. The van der Waals surface area contributed by atoms with E-state index in [-0.39, 0.29) is 5.69 Å². The Bertz CT molecular complexity index is 331. The van der Waals surface area contributed by atoms with E-state index in [1.54, 1.807) is 12.5 Å². The van der Waals surface area contributed by atoms with Gasteiger partial charge >= 0.3 is 5.97 Å². The number of hydrogen-bond donors (Lipinski definition) is 1. The number of nitrogens with zero attached hydrogens (tertiary/aromatic N) is 2. The fourth-order valence-electron chi connectivity index (χ4n) is 1.59. The van der Waals surface area contributed by atoms with Gasteiger partial charge in [-0.25, -0.2) is 9.78 Å². The Morgan fingerprint density at radius 2 is 2.64 bits per heavy atom. The Morgan fingerprint density at radius 1 is 1.79 bits per heavy atom. The molecule has 0 saturated carbocycles. The minimum Gasteiger partial charge on any atom is -0.476 e. The SMILES string of the molecule is O=C(O)c1cn(CC2CCCS2)cn1. The van der Waals surface area contributed by atoms with Crippen LogP contribution in [0, 0.1) is 0 Å². The summed E-state index contributed by atoms with van der Waals surface area (Å²) >= 11 is 1.96. The first-order valence-corrected chi connectivity index (χ1v) is 5.67. The van der Waals surface area contributed by atoms with Crippen LogP contribution in [0.5, 0.6) is 0 Å². The Balaban J connectivity index is 1.98. The number of hydrogen-bond acceptors (Lipinski definition) is 3. The summed E-state index contributed by atoms with van der Waals surface area (Å²) in [6, 6.07) is 0. The molecule has 1 N–H and O–H groups in total. The van der Waals surface area contributed by atoms with Crippen molar-refractivity contribution in [2.75, 3.05) is 5.75 Å². The Kier molecular flexibility index (Phi) is 2.77. The van der Waals surface area contributed by atoms with E-state index in [0.717, 1.165) is 6.54 Å². The lowest BCUT2D eigenvalue weighted by molar-refractivity contribution is 0.0691. The van der Waals surface area contributed by atoms with Gasteiger partial charge in [0, 0.05) is 18.0 Å². The predicted octanol–water partition coefficient (Wildman–Crippen LogP) is 1.48. The summed E-state index contributed by atoms with van der Waals surface area (Å²) in [5.74, 6) is 0.272. The topological polar surface area (TPSA) is 55.1 Å². The average Bonchev–Trinajstić information content (AvgIpc) is 2.75. The molecule has 0 spiro atoms. The highest BCUT2D eigenvalue weighted by atomic mass is 32.2. The molecule has 1 aromatic heterocycles. The monoisotopic (exact) mass is 212 g/mol. The van der Waals surface area contributed by atoms with Gasteiger partial charge in [0.15, 0.2) is 5.69 Å². The number of carbonyl (C=O) groups is 1. The summed E-state index contributed by atoms with van der Waals surface area (Å²) in [5, 5.41) is 9.31. The van der Waals surface area contributed by atoms with Crippen LogP contribution in [0.15, 0.2) is 12.5 Å². The number of imidazole rings is 1. The molecule has 1 saturated heterocycles. The second kappa shape index (κ2) is 4.04. The van der Waals surface area contributed by atoms with E-state index in [1.807, 2.05) is 16.3 Å². The van der Waals surface area contributed by atoms with E-state index in [0.29, 0.717) is 5.25 Å². The van der Waals surface area contributed by atoms with Gasteiger partial charge in [0.05, 0.1) is 6.33 Å². The molecular weight excluding hydrogens is 200 g/mol. The van der Waals surface area contributed by atoms with E-state index in [1.165, 1.54) is 18.6 Å². The molecule has 0 aromatic carbocycles. The van der Waals surface area contributed by atoms with Gasteiger partial charge in [-0.1, -0.05) is 0 Å². The first-order valence-electron chi connectivity index (χ1n) is 4.62. The standard InChI is InChI=1S/C9H12N2O2S/c12-9(13)8-5-11(6-10-8)4-7-2-1-3-14-7/h5-7H,1-4H2,(H,12,13).